The fourth-order valence-corrected chi connectivity index (χ4v) is 3.30. The van der Waals surface area contributed by atoms with Gasteiger partial charge in [0.05, 0.1) is 0 Å². The van der Waals surface area contributed by atoms with Crippen molar-refractivity contribution in [2.45, 2.75) is 58.4 Å². The Hall–Kier alpha value is -1.06. The van der Waals surface area contributed by atoms with E-state index in [4.69, 9.17) is 0 Å². The quantitative estimate of drug-likeness (QED) is 0.848. The molecule has 1 aliphatic carbocycles. The monoisotopic (exact) mass is 266 g/mol. The fraction of sp³-hybridized carbons (Fsp3) is 0.867. The van der Waals surface area contributed by atoms with Crippen molar-refractivity contribution < 1.29 is 9.59 Å². The van der Waals surface area contributed by atoms with Crippen LogP contribution < -0.4 is 5.32 Å². The fourth-order valence-electron chi connectivity index (χ4n) is 3.30. The van der Waals surface area contributed by atoms with Gasteiger partial charge in [0.15, 0.2) is 0 Å². The molecule has 0 aromatic heterocycles. The molecule has 1 saturated heterocycles. The Bertz CT molecular complexity index is 369. The Morgan fingerprint density at radius 3 is 2.68 bits per heavy atom. The summed E-state index contributed by atoms with van der Waals surface area (Å²) < 4.78 is 0. The van der Waals surface area contributed by atoms with Crippen LogP contribution in [0.2, 0.25) is 0 Å². The highest BCUT2D eigenvalue weighted by Crippen LogP contribution is 2.32. The van der Waals surface area contributed by atoms with Gasteiger partial charge in [0, 0.05) is 19.5 Å². The van der Waals surface area contributed by atoms with Gasteiger partial charge in [0.2, 0.25) is 11.8 Å². The Labute approximate surface area is 115 Å². The average molecular weight is 266 g/mol. The van der Waals surface area contributed by atoms with Gasteiger partial charge in [0.1, 0.15) is 5.54 Å². The van der Waals surface area contributed by atoms with Gasteiger partial charge in [-0.25, -0.2) is 0 Å². The lowest BCUT2D eigenvalue weighted by Crippen LogP contribution is -2.55. The molecule has 2 aliphatic rings. The van der Waals surface area contributed by atoms with Crippen LogP contribution in [0.15, 0.2) is 0 Å². The van der Waals surface area contributed by atoms with Crippen molar-refractivity contribution in [2.75, 3.05) is 13.1 Å². The highest BCUT2D eigenvalue weighted by Gasteiger charge is 2.40. The van der Waals surface area contributed by atoms with Crippen molar-refractivity contribution in [1.82, 2.24) is 10.2 Å². The second-order valence-electron chi connectivity index (χ2n) is 6.40. The molecule has 4 heteroatoms. The molecule has 1 heterocycles. The Morgan fingerprint density at radius 2 is 2.11 bits per heavy atom. The Kier molecular flexibility index (Phi) is 4.16. The maximum atomic E-state index is 12.6. The highest BCUT2D eigenvalue weighted by molar-refractivity contribution is 5.93. The summed E-state index contributed by atoms with van der Waals surface area (Å²) in [5.41, 5.74) is -0.713. The maximum Gasteiger partial charge on any atom is 0.248 e. The van der Waals surface area contributed by atoms with E-state index in [0.29, 0.717) is 31.2 Å². The van der Waals surface area contributed by atoms with Crippen molar-refractivity contribution in [3.63, 3.8) is 0 Å². The van der Waals surface area contributed by atoms with E-state index in [1.54, 1.807) is 0 Å². The number of amides is 2. The zero-order valence-corrected chi connectivity index (χ0v) is 12.4. The topological polar surface area (TPSA) is 49.4 Å². The summed E-state index contributed by atoms with van der Waals surface area (Å²) in [4.78, 5) is 26.3. The van der Waals surface area contributed by atoms with Gasteiger partial charge in [-0.3, -0.25) is 9.59 Å². The van der Waals surface area contributed by atoms with Gasteiger partial charge >= 0.3 is 0 Å². The minimum atomic E-state index is -0.713. The minimum Gasteiger partial charge on any atom is -0.342 e. The zero-order valence-electron chi connectivity index (χ0n) is 12.4. The summed E-state index contributed by atoms with van der Waals surface area (Å²) in [6.45, 7) is 7.49. The number of nitrogens with one attached hydrogen (secondary N) is 1. The molecule has 2 fully saturated rings. The van der Waals surface area contributed by atoms with Crippen LogP contribution in [-0.4, -0.2) is 35.3 Å². The molecule has 3 unspecified atom stereocenters. The third kappa shape index (κ3) is 2.93. The standard InChI is InChI=1S/C15H26N2O2/c1-4-15(3)14(19)17(9-8-13(18)16-15)10-12-7-5-6-11(12)2/h11-12H,4-10H2,1-3H3,(H,16,18). The van der Waals surface area contributed by atoms with Crippen LogP contribution in [0.1, 0.15) is 52.9 Å². The highest BCUT2D eigenvalue weighted by atomic mass is 16.2. The minimum absolute atomic E-state index is 0.000305. The summed E-state index contributed by atoms with van der Waals surface area (Å²) in [6.07, 6.45) is 4.84. The Morgan fingerprint density at radius 1 is 1.37 bits per heavy atom. The molecule has 4 nitrogen and oxygen atoms in total. The van der Waals surface area contributed by atoms with Crippen LogP contribution in [-0.2, 0) is 9.59 Å². The van der Waals surface area contributed by atoms with Gasteiger partial charge in [0.25, 0.3) is 0 Å². The van der Waals surface area contributed by atoms with Crippen molar-refractivity contribution in [3.05, 3.63) is 0 Å². The van der Waals surface area contributed by atoms with Gasteiger partial charge in [-0.1, -0.05) is 26.7 Å². The van der Waals surface area contributed by atoms with Crippen LogP contribution in [0.4, 0.5) is 0 Å². The molecule has 1 saturated carbocycles. The van der Waals surface area contributed by atoms with Gasteiger partial charge in [-0.15, -0.1) is 0 Å². The lowest BCUT2D eigenvalue weighted by atomic mass is 9.94. The van der Waals surface area contributed by atoms with E-state index >= 15 is 0 Å². The van der Waals surface area contributed by atoms with E-state index in [2.05, 4.69) is 12.2 Å². The molecular formula is C15H26N2O2. The number of carbonyl (C=O) groups excluding carboxylic acids is 2. The van der Waals surface area contributed by atoms with E-state index in [1.807, 2.05) is 18.7 Å². The van der Waals surface area contributed by atoms with Crippen LogP contribution in [0.25, 0.3) is 0 Å². The molecule has 0 aromatic carbocycles. The van der Waals surface area contributed by atoms with Gasteiger partial charge in [-0.05, 0) is 31.6 Å². The van der Waals surface area contributed by atoms with Gasteiger partial charge < -0.3 is 10.2 Å². The van der Waals surface area contributed by atoms with Gasteiger partial charge in [-0.2, -0.15) is 0 Å². The third-order valence-electron chi connectivity index (χ3n) is 4.98. The normalized spacial score (nSPS) is 36.3. The first kappa shape index (κ1) is 14.4. The zero-order chi connectivity index (χ0) is 14.0. The summed E-state index contributed by atoms with van der Waals surface area (Å²) in [5.74, 6) is 1.41. The number of carbonyl (C=O) groups is 2. The lowest BCUT2D eigenvalue weighted by molar-refractivity contribution is -0.138. The van der Waals surface area contributed by atoms with Crippen molar-refractivity contribution in [2.24, 2.45) is 11.8 Å². The largest absolute Gasteiger partial charge is 0.342 e. The predicted octanol–water partition coefficient (Wildman–Crippen LogP) is 1.94. The van der Waals surface area contributed by atoms with E-state index in [9.17, 15) is 9.59 Å². The first-order valence-electron chi connectivity index (χ1n) is 7.56. The molecule has 0 bridgehead atoms. The molecule has 19 heavy (non-hydrogen) atoms. The number of rotatable bonds is 3. The van der Waals surface area contributed by atoms with Crippen LogP contribution in [0.5, 0.6) is 0 Å². The van der Waals surface area contributed by atoms with E-state index < -0.39 is 5.54 Å². The molecular weight excluding hydrogens is 240 g/mol. The molecule has 3 atom stereocenters. The summed E-state index contributed by atoms with van der Waals surface area (Å²) in [5, 5.41) is 2.89. The third-order valence-corrected chi connectivity index (χ3v) is 4.98. The molecule has 2 rings (SSSR count). The van der Waals surface area contributed by atoms with E-state index in [-0.39, 0.29) is 11.8 Å². The second-order valence-corrected chi connectivity index (χ2v) is 6.40. The Balaban J connectivity index is 2.10. The smallest absolute Gasteiger partial charge is 0.248 e. The number of nitrogens with zero attached hydrogens (tertiary/aromatic N) is 1. The summed E-state index contributed by atoms with van der Waals surface area (Å²) in [6, 6.07) is 0. The molecule has 108 valence electrons. The van der Waals surface area contributed by atoms with Crippen molar-refractivity contribution in [3.8, 4) is 0 Å². The molecule has 1 aliphatic heterocycles. The summed E-state index contributed by atoms with van der Waals surface area (Å²) >= 11 is 0. The van der Waals surface area contributed by atoms with E-state index in [0.717, 1.165) is 6.54 Å². The maximum absolute atomic E-state index is 12.6. The van der Waals surface area contributed by atoms with Crippen molar-refractivity contribution >= 4 is 11.8 Å². The molecule has 0 radical (unpaired) electrons. The average Bonchev–Trinajstić information content (AvgIpc) is 2.74. The first-order chi connectivity index (χ1) is 8.96. The molecule has 2 amide bonds. The molecule has 1 N–H and O–H groups in total. The number of hydrogen-bond acceptors (Lipinski definition) is 2. The molecule has 0 aromatic rings. The lowest BCUT2D eigenvalue weighted by Gasteiger charge is -2.33. The van der Waals surface area contributed by atoms with Crippen LogP contribution in [0.3, 0.4) is 0 Å². The van der Waals surface area contributed by atoms with E-state index in [1.165, 1.54) is 19.3 Å². The first-order valence-corrected chi connectivity index (χ1v) is 7.56. The van der Waals surface area contributed by atoms with Crippen LogP contribution >= 0.6 is 0 Å². The summed E-state index contributed by atoms with van der Waals surface area (Å²) in [7, 11) is 0. The second kappa shape index (κ2) is 5.51. The SMILES string of the molecule is CCC1(C)NC(=O)CCN(CC2CCCC2C)C1=O. The molecule has 0 spiro atoms. The van der Waals surface area contributed by atoms with Crippen LogP contribution in [0, 0.1) is 11.8 Å². The van der Waals surface area contributed by atoms with Crippen molar-refractivity contribution in [1.29, 1.82) is 0 Å². The number of hydrogen-bond donors (Lipinski definition) is 1. The predicted molar refractivity (Wildman–Crippen MR) is 74.5 cm³/mol.